The van der Waals surface area contributed by atoms with Crippen LogP contribution in [0.15, 0.2) is 12.1 Å². The van der Waals surface area contributed by atoms with E-state index in [0.29, 0.717) is 5.75 Å². The minimum atomic E-state index is -0.810. The number of hydrogen-bond acceptors (Lipinski definition) is 4. The molecule has 0 bridgehead atoms. The summed E-state index contributed by atoms with van der Waals surface area (Å²) < 4.78 is 10.7. The van der Waals surface area contributed by atoms with Crippen molar-refractivity contribution in [3.63, 3.8) is 0 Å². The van der Waals surface area contributed by atoms with E-state index in [-0.39, 0.29) is 13.2 Å². The van der Waals surface area contributed by atoms with Gasteiger partial charge >= 0.3 is 5.97 Å². The van der Waals surface area contributed by atoms with Gasteiger partial charge in [-0.05, 0) is 32.4 Å². The summed E-state index contributed by atoms with van der Waals surface area (Å²) in [6, 6.07) is 3.83. The van der Waals surface area contributed by atoms with E-state index >= 15 is 0 Å². The van der Waals surface area contributed by atoms with E-state index in [1.165, 1.54) is 0 Å². The van der Waals surface area contributed by atoms with Crippen LogP contribution < -0.4 is 14.4 Å². The van der Waals surface area contributed by atoms with Crippen molar-refractivity contribution < 1.29 is 19.4 Å². The molecule has 1 aromatic rings. The number of fused-ring (bicyclic) bond motifs is 1. The van der Waals surface area contributed by atoms with Crippen LogP contribution in [0.3, 0.4) is 0 Å². The van der Waals surface area contributed by atoms with Crippen molar-refractivity contribution in [2.24, 2.45) is 0 Å². The second-order valence-electron chi connectivity index (χ2n) is 5.43. The third-order valence-electron chi connectivity index (χ3n) is 3.54. The fourth-order valence-electron chi connectivity index (χ4n) is 2.21. The topological polar surface area (TPSA) is 59.0 Å². The summed E-state index contributed by atoms with van der Waals surface area (Å²) in [6.45, 7) is 6.03. The Morgan fingerprint density at radius 3 is 2.53 bits per heavy atom. The molecule has 0 aliphatic carbocycles. The van der Waals surface area contributed by atoms with Gasteiger partial charge in [0.1, 0.15) is 0 Å². The number of aliphatic carboxylic acids is 1. The summed E-state index contributed by atoms with van der Waals surface area (Å²) in [6.07, 6.45) is 0.0668. The Kier molecular flexibility index (Phi) is 3.30. The Balaban J connectivity index is 2.33. The van der Waals surface area contributed by atoms with Crippen LogP contribution in [0.25, 0.3) is 0 Å². The van der Waals surface area contributed by atoms with Gasteiger partial charge in [-0.25, -0.2) is 0 Å². The Morgan fingerprint density at radius 2 is 1.95 bits per heavy atom. The third kappa shape index (κ3) is 2.59. The molecule has 2 rings (SSSR count). The monoisotopic (exact) mass is 265 g/mol. The van der Waals surface area contributed by atoms with E-state index in [0.717, 1.165) is 17.0 Å². The molecule has 1 heterocycles. The van der Waals surface area contributed by atoms with Gasteiger partial charge in [0.15, 0.2) is 11.5 Å². The third-order valence-corrected chi connectivity index (χ3v) is 3.54. The minimum Gasteiger partial charge on any atom is -0.481 e. The predicted molar refractivity (Wildman–Crippen MR) is 72.0 cm³/mol. The molecular formula is C14H19NO4. The molecule has 1 aliphatic heterocycles. The van der Waals surface area contributed by atoms with Crippen molar-refractivity contribution >= 4 is 11.7 Å². The van der Waals surface area contributed by atoms with E-state index in [1.54, 1.807) is 0 Å². The highest BCUT2D eigenvalue weighted by Crippen LogP contribution is 2.39. The molecule has 0 radical (unpaired) electrons. The van der Waals surface area contributed by atoms with Crippen molar-refractivity contribution in [2.75, 3.05) is 18.7 Å². The van der Waals surface area contributed by atoms with Gasteiger partial charge in [0.25, 0.3) is 0 Å². The van der Waals surface area contributed by atoms with Crippen LogP contribution in [0.5, 0.6) is 11.5 Å². The van der Waals surface area contributed by atoms with Crippen molar-refractivity contribution in [3.05, 3.63) is 17.7 Å². The first kappa shape index (κ1) is 13.5. The quantitative estimate of drug-likeness (QED) is 0.906. The lowest BCUT2D eigenvalue weighted by molar-refractivity contribution is -0.138. The number of rotatable bonds is 4. The zero-order chi connectivity index (χ0) is 14.2. The molecule has 1 N–H and O–H groups in total. The molecule has 0 spiro atoms. The summed E-state index contributed by atoms with van der Waals surface area (Å²) in [5.74, 6) is 0.638. The van der Waals surface area contributed by atoms with Gasteiger partial charge in [-0.3, -0.25) is 4.79 Å². The summed E-state index contributed by atoms with van der Waals surface area (Å²) in [7, 11) is 1.90. The van der Waals surface area contributed by atoms with Crippen LogP contribution in [-0.2, 0) is 4.79 Å². The molecule has 5 heteroatoms. The van der Waals surface area contributed by atoms with Crippen molar-refractivity contribution in [2.45, 2.75) is 32.7 Å². The van der Waals surface area contributed by atoms with Crippen LogP contribution in [0.4, 0.5) is 5.69 Å². The van der Waals surface area contributed by atoms with Gasteiger partial charge in [0, 0.05) is 24.3 Å². The van der Waals surface area contributed by atoms with Crippen LogP contribution in [0.1, 0.15) is 25.8 Å². The number of anilines is 1. The molecule has 0 saturated heterocycles. The van der Waals surface area contributed by atoms with Gasteiger partial charge in [0.05, 0.1) is 6.42 Å². The highest BCUT2D eigenvalue weighted by Gasteiger charge is 2.29. The Labute approximate surface area is 112 Å². The smallest absolute Gasteiger partial charge is 0.305 e. The summed E-state index contributed by atoms with van der Waals surface area (Å²) >= 11 is 0. The lowest BCUT2D eigenvalue weighted by Crippen LogP contribution is -2.43. The Morgan fingerprint density at radius 1 is 1.37 bits per heavy atom. The Bertz CT molecular complexity index is 510. The highest BCUT2D eigenvalue weighted by molar-refractivity contribution is 5.70. The molecule has 0 amide bonds. The van der Waals surface area contributed by atoms with E-state index < -0.39 is 11.5 Å². The lowest BCUT2D eigenvalue weighted by Gasteiger charge is -2.37. The maximum atomic E-state index is 11.0. The van der Waals surface area contributed by atoms with Crippen molar-refractivity contribution in [1.82, 2.24) is 0 Å². The predicted octanol–water partition coefficient (Wildman–Crippen LogP) is 2.41. The Hall–Kier alpha value is -1.91. The number of carboxylic acids is 1. The van der Waals surface area contributed by atoms with Crippen LogP contribution >= 0.6 is 0 Å². The fraction of sp³-hybridized carbons (Fsp3) is 0.500. The second-order valence-corrected chi connectivity index (χ2v) is 5.43. The largest absolute Gasteiger partial charge is 0.481 e. The maximum absolute atomic E-state index is 11.0. The number of nitrogens with zero attached hydrogens (tertiary/aromatic N) is 1. The number of carbonyl (C=O) groups is 1. The van der Waals surface area contributed by atoms with E-state index in [9.17, 15) is 4.79 Å². The summed E-state index contributed by atoms with van der Waals surface area (Å²) in [5.41, 5.74) is 1.50. The molecule has 5 nitrogen and oxygen atoms in total. The fourth-order valence-corrected chi connectivity index (χ4v) is 2.21. The van der Waals surface area contributed by atoms with E-state index in [2.05, 4.69) is 0 Å². The molecule has 0 saturated carbocycles. The molecule has 1 aliphatic rings. The standard InChI is InChI=1S/C14H19NO4/c1-9-5-11-12(19-8-18-11)6-10(9)15(4)14(2,3)7-13(16)17/h5-6H,7-8H2,1-4H3,(H,16,17). The van der Waals surface area contributed by atoms with Gasteiger partial charge < -0.3 is 19.5 Å². The van der Waals surface area contributed by atoms with Crippen molar-refractivity contribution in [3.8, 4) is 11.5 Å². The number of aryl methyl sites for hydroxylation is 1. The minimum absolute atomic E-state index is 0.0668. The van der Waals surface area contributed by atoms with Crippen LogP contribution in [0.2, 0.25) is 0 Å². The lowest BCUT2D eigenvalue weighted by atomic mass is 9.97. The molecule has 19 heavy (non-hydrogen) atoms. The number of ether oxygens (including phenoxy) is 2. The zero-order valence-corrected chi connectivity index (χ0v) is 11.7. The van der Waals surface area contributed by atoms with Gasteiger partial charge in [-0.15, -0.1) is 0 Å². The first-order chi connectivity index (χ1) is 8.81. The van der Waals surface area contributed by atoms with Crippen molar-refractivity contribution in [1.29, 1.82) is 0 Å². The highest BCUT2D eigenvalue weighted by atomic mass is 16.7. The second kappa shape index (κ2) is 4.64. The molecular weight excluding hydrogens is 246 g/mol. The molecule has 1 aromatic carbocycles. The average molecular weight is 265 g/mol. The van der Waals surface area contributed by atoms with Crippen LogP contribution in [0, 0.1) is 6.92 Å². The first-order valence-electron chi connectivity index (χ1n) is 6.17. The van der Waals surface area contributed by atoms with E-state index in [4.69, 9.17) is 14.6 Å². The summed E-state index contributed by atoms with van der Waals surface area (Å²) in [5, 5.41) is 9.00. The van der Waals surface area contributed by atoms with Gasteiger partial charge in [-0.1, -0.05) is 0 Å². The van der Waals surface area contributed by atoms with Gasteiger partial charge in [-0.2, -0.15) is 0 Å². The molecule has 0 aromatic heterocycles. The number of hydrogen-bond donors (Lipinski definition) is 1. The zero-order valence-electron chi connectivity index (χ0n) is 11.7. The normalized spacial score (nSPS) is 13.5. The molecule has 0 unspecified atom stereocenters. The molecule has 0 fully saturated rings. The molecule has 104 valence electrons. The molecule has 0 atom stereocenters. The number of carboxylic acid groups (broad SMARTS) is 1. The van der Waals surface area contributed by atoms with E-state index in [1.807, 2.05) is 44.9 Å². The van der Waals surface area contributed by atoms with Gasteiger partial charge in [0.2, 0.25) is 6.79 Å². The number of benzene rings is 1. The summed E-state index contributed by atoms with van der Waals surface area (Å²) in [4.78, 5) is 12.9. The maximum Gasteiger partial charge on any atom is 0.305 e. The first-order valence-corrected chi connectivity index (χ1v) is 6.17. The average Bonchev–Trinajstić information content (AvgIpc) is 2.72. The van der Waals surface area contributed by atoms with Crippen LogP contribution in [-0.4, -0.2) is 30.5 Å². The SMILES string of the molecule is Cc1cc2c(cc1N(C)C(C)(C)CC(=O)O)OCO2.